The molecular formula is C20H19F2N3O6. The SMILES string of the molecule is CC(=O)N[C@H](Cc1cccc(F)c1)C(=O)N[C@H](Cc1ccc(F)c([N+](=O)[O-])c1)C(=O)O. The smallest absolute Gasteiger partial charge is 0.326 e. The minimum absolute atomic E-state index is 0.0997. The van der Waals surface area contributed by atoms with Crippen molar-refractivity contribution in [1.82, 2.24) is 10.6 Å². The van der Waals surface area contributed by atoms with Crippen molar-refractivity contribution in [2.75, 3.05) is 0 Å². The molecule has 2 atom stereocenters. The van der Waals surface area contributed by atoms with Crippen molar-refractivity contribution in [1.29, 1.82) is 0 Å². The van der Waals surface area contributed by atoms with Gasteiger partial charge in [0.25, 0.3) is 0 Å². The van der Waals surface area contributed by atoms with Crippen molar-refractivity contribution < 1.29 is 33.2 Å². The summed E-state index contributed by atoms with van der Waals surface area (Å²) in [6.07, 6.45) is -0.466. The van der Waals surface area contributed by atoms with Crippen LogP contribution in [0.4, 0.5) is 14.5 Å². The van der Waals surface area contributed by atoms with Gasteiger partial charge < -0.3 is 15.7 Å². The lowest BCUT2D eigenvalue weighted by molar-refractivity contribution is -0.387. The van der Waals surface area contributed by atoms with Crippen LogP contribution < -0.4 is 10.6 Å². The Hall–Kier alpha value is -3.89. The molecule has 2 rings (SSSR count). The first kappa shape index (κ1) is 23.4. The average Bonchev–Trinajstić information content (AvgIpc) is 2.67. The first-order valence-electron chi connectivity index (χ1n) is 9.04. The van der Waals surface area contributed by atoms with Crippen molar-refractivity contribution in [2.45, 2.75) is 31.8 Å². The number of nitro benzene ring substituents is 1. The molecule has 0 aromatic heterocycles. The molecule has 3 N–H and O–H groups in total. The van der Waals surface area contributed by atoms with Gasteiger partial charge in [-0.3, -0.25) is 19.7 Å². The van der Waals surface area contributed by atoms with E-state index in [2.05, 4.69) is 10.6 Å². The van der Waals surface area contributed by atoms with Crippen molar-refractivity contribution in [2.24, 2.45) is 0 Å². The molecule has 0 spiro atoms. The molecule has 2 aromatic carbocycles. The third-order valence-electron chi connectivity index (χ3n) is 4.28. The number of carboxylic acid groups (broad SMARTS) is 1. The number of nitrogens with zero attached hydrogens (tertiary/aromatic N) is 1. The summed E-state index contributed by atoms with van der Waals surface area (Å²) >= 11 is 0. The summed E-state index contributed by atoms with van der Waals surface area (Å²) in [6, 6.07) is 5.53. The van der Waals surface area contributed by atoms with Crippen LogP contribution in [0.5, 0.6) is 0 Å². The van der Waals surface area contributed by atoms with Gasteiger partial charge in [-0.2, -0.15) is 4.39 Å². The van der Waals surface area contributed by atoms with Crippen LogP contribution in [0.3, 0.4) is 0 Å². The van der Waals surface area contributed by atoms with Gasteiger partial charge in [0.1, 0.15) is 17.9 Å². The molecule has 0 radical (unpaired) electrons. The van der Waals surface area contributed by atoms with E-state index in [0.717, 1.165) is 19.1 Å². The first-order valence-corrected chi connectivity index (χ1v) is 9.04. The number of rotatable bonds is 9. The summed E-state index contributed by atoms with van der Waals surface area (Å²) in [5, 5.41) is 25.0. The summed E-state index contributed by atoms with van der Waals surface area (Å²) in [5.41, 5.74) is -0.313. The lowest BCUT2D eigenvalue weighted by atomic mass is 10.0. The van der Waals surface area contributed by atoms with E-state index in [9.17, 15) is 38.4 Å². The fraction of sp³-hybridized carbons (Fsp3) is 0.250. The van der Waals surface area contributed by atoms with Gasteiger partial charge in [-0.15, -0.1) is 0 Å². The highest BCUT2D eigenvalue weighted by Gasteiger charge is 2.27. The molecule has 0 bridgehead atoms. The highest BCUT2D eigenvalue weighted by Crippen LogP contribution is 2.19. The third kappa shape index (κ3) is 6.84. The molecular weight excluding hydrogens is 416 g/mol. The van der Waals surface area contributed by atoms with E-state index in [0.29, 0.717) is 5.56 Å². The Bertz CT molecular complexity index is 1010. The molecule has 0 unspecified atom stereocenters. The monoisotopic (exact) mass is 435 g/mol. The van der Waals surface area contributed by atoms with Crippen LogP contribution in [0.2, 0.25) is 0 Å². The second kappa shape index (κ2) is 10.2. The molecule has 9 nitrogen and oxygen atoms in total. The topological polar surface area (TPSA) is 139 Å². The summed E-state index contributed by atoms with van der Waals surface area (Å²) in [4.78, 5) is 45.7. The van der Waals surface area contributed by atoms with E-state index in [1.165, 1.54) is 30.3 Å². The standard InChI is InChI=1S/C20H19F2N3O6/c1-11(26)23-16(8-12-3-2-4-14(21)7-12)19(27)24-17(20(28)29)9-13-5-6-15(22)18(10-13)25(30)31/h2-7,10,16-17H,8-9H2,1H3,(H,23,26)(H,24,27)(H,28,29)/t16-,17-/m1/s1. The zero-order chi connectivity index (χ0) is 23.1. The van der Waals surface area contributed by atoms with Crippen LogP contribution in [0.15, 0.2) is 42.5 Å². The van der Waals surface area contributed by atoms with Crippen LogP contribution in [-0.4, -0.2) is 39.9 Å². The Kier molecular flexibility index (Phi) is 7.72. The van der Waals surface area contributed by atoms with E-state index in [-0.39, 0.29) is 18.4 Å². The van der Waals surface area contributed by atoms with Gasteiger partial charge >= 0.3 is 11.7 Å². The maximum atomic E-state index is 13.5. The number of nitrogens with one attached hydrogen (secondary N) is 2. The molecule has 2 amide bonds. The zero-order valence-corrected chi connectivity index (χ0v) is 16.3. The Morgan fingerprint density at radius 1 is 1.03 bits per heavy atom. The van der Waals surface area contributed by atoms with Gasteiger partial charge in [0, 0.05) is 25.8 Å². The Balaban J connectivity index is 2.19. The van der Waals surface area contributed by atoms with Crippen molar-refractivity contribution in [3.8, 4) is 0 Å². The number of carboxylic acids is 1. The quantitative estimate of drug-likeness (QED) is 0.405. The van der Waals surface area contributed by atoms with Crippen LogP contribution in [-0.2, 0) is 27.2 Å². The highest BCUT2D eigenvalue weighted by molar-refractivity contribution is 5.90. The summed E-state index contributed by atoms with van der Waals surface area (Å²) in [7, 11) is 0. The Labute approximate surface area is 175 Å². The second-order valence-corrected chi connectivity index (χ2v) is 6.73. The van der Waals surface area contributed by atoms with Gasteiger partial charge in [-0.1, -0.05) is 18.2 Å². The third-order valence-corrected chi connectivity index (χ3v) is 4.28. The van der Waals surface area contributed by atoms with Crippen LogP contribution in [0, 0.1) is 21.7 Å². The molecule has 11 heteroatoms. The molecule has 164 valence electrons. The minimum atomic E-state index is -1.51. The number of aliphatic carboxylic acids is 1. The molecule has 0 aliphatic rings. The largest absolute Gasteiger partial charge is 0.480 e. The van der Waals surface area contributed by atoms with E-state index in [1.807, 2.05) is 0 Å². The zero-order valence-electron chi connectivity index (χ0n) is 16.3. The number of hydrogen-bond donors (Lipinski definition) is 3. The maximum absolute atomic E-state index is 13.5. The lowest BCUT2D eigenvalue weighted by Gasteiger charge is -2.21. The number of benzene rings is 2. The van der Waals surface area contributed by atoms with Crippen LogP contribution >= 0.6 is 0 Å². The fourth-order valence-electron chi connectivity index (χ4n) is 2.89. The molecule has 2 aromatic rings. The number of nitro groups is 1. The maximum Gasteiger partial charge on any atom is 0.326 e. The minimum Gasteiger partial charge on any atom is -0.480 e. The normalized spacial score (nSPS) is 12.5. The molecule has 0 heterocycles. The highest BCUT2D eigenvalue weighted by atomic mass is 19.1. The molecule has 0 aliphatic carbocycles. The Morgan fingerprint density at radius 3 is 2.26 bits per heavy atom. The number of hydrogen-bond acceptors (Lipinski definition) is 5. The molecule has 31 heavy (non-hydrogen) atoms. The van der Waals surface area contributed by atoms with Crippen LogP contribution in [0.25, 0.3) is 0 Å². The van der Waals surface area contributed by atoms with Crippen molar-refractivity contribution >= 4 is 23.5 Å². The molecule has 0 aliphatic heterocycles. The van der Waals surface area contributed by atoms with Gasteiger partial charge in [0.15, 0.2) is 0 Å². The average molecular weight is 435 g/mol. The summed E-state index contributed by atoms with van der Waals surface area (Å²) in [6.45, 7) is 1.16. The van der Waals surface area contributed by atoms with E-state index >= 15 is 0 Å². The van der Waals surface area contributed by atoms with Gasteiger partial charge in [0.2, 0.25) is 17.6 Å². The fourth-order valence-corrected chi connectivity index (χ4v) is 2.89. The predicted molar refractivity (Wildman–Crippen MR) is 104 cm³/mol. The van der Waals surface area contributed by atoms with E-state index in [1.54, 1.807) is 0 Å². The lowest BCUT2D eigenvalue weighted by Crippen LogP contribution is -2.52. The summed E-state index contributed by atoms with van der Waals surface area (Å²) in [5.74, 6) is -4.46. The number of carbonyl (C=O) groups is 3. The molecule has 0 fully saturated rings. The molecule has 0 saturated carbocycles. The second-order valence-electron chi connectivity index (χ2n) is 6.73. The van der Waals surface area contributed by atoms with Gasteiger partial charge in [-0.05, 0) is 29.3 Å². The van der Waals surface area contributed by atoms with Crippen molar-refractivity contribution in [3.05, 3.63) is 75.3 Å². The first-order chi connectivity index (χ1) is 14.6. The van der Waals surface area contributed by atoms with E-state index < -0.39 is 52.1 Å². The molecule has 0 saturated heterocycles. The summed E-state index contributed by atoms with van der Waals surface area (Å²) < 4.78 is 26.9. The predicted octanol–water partition coefficient (Wildman–Crippen LogP) is 1.73. The van der Waals surface area contributed by atoms with Crippen LogP contribution in [0.1, 0.15) is 18.1 Å². The number of carbonyl (C=O) groups excluding carboxylic acids is 2. The van der Waals surface area contributed by atoms with E-state index in [4.69, 9.17) is 0 Å². The Morgan fingerprint density at radius 2 is 1.68 bits per heavy atom. The number of amides is 2. The van der Waals surface area contributed by atoms with Gasteiger partial charge in [0.05, 0.1) is 4.92 Å². The number of halogens is 2. The van der Waals surface area contributed by atoms with Gasteiger partial charge in [-0.25, -0.2) is 9.18 Å². The van der Waals surface area contributed by atoms with Crippen molar-refractivity contribution in [3.63, 3.8) is 0 Å².